The van der Waals surface area contributed by atoms with Crippen LogP contribution in [-0.2, 0) is 0 Å². The molecule has 0 saturated heterocycles. The van der Waals surface area contributed by atoms with Crippen LogP contribution in [0.25, 0.3) is 0 Å². The van der Waals surface area contributed by atoms with Gasteiger partial charge < -0.3 is 15.4 Å². The second-order valence-electron chi connectivity index (χ2n) is 2.09. The summed E-state index contributed by atoms with van der Waals surface area (Å²) in [5.74, 6) is -2.85. The molecule has 0 amide bonds. The quantitative estimate of drug-likeness (QED) is 0.455. The van der Waals surface area contributed by atoms with Gasteiger partial charge in [-0.2, -0.15) is 4.73 Å². The molecule has 0 saturated carbocycles. The summed E-state index contributed by atoms with van der Waals surface area (Å²) in [4.78, 5) is 23.8. The van der Waals surface area contributed by atoms with E-state index in [4.69, 9.17) is 10.2 Å². The molecule has 0 radical (unpaired) electrons. The molecule has 0 aromatic carbocycles. The Morgan fingerprint density at radius 1 is 1.38 bits per heavy atom. The largest absolute Gasteiger partial charge is 0.618 e. The minimum atomic E-state index is -1.46. The molecule has 1 heterocycles. The maximum atomic E-state index is 10.8. The number of hydrogen-bond acceptors (Lipinski definition) is 4. The van der Waals surface area contributed by atoms with Crippen molar-refractivity contribution in [3.63, 3.8) is 0 Å². The average Bonchev–Trinajstić information content (AvgIpc) is 2.03. The molecule has 1 aromatic heterocycles. The molecule has 0 aliphatic rings. The molecule has 2 N–H and O–H groups in total. The molecule has 0 aliphatic heterocycles. The summed E-state index contributed by atoms with van der Waals surface area (Å²) < 4.78 is -0.0568. The van der Waals surface area contributed by atoms with Gasteiger partial charge in [-0.05, 0) is 0 Å². The van der Waals surface area contributed by atoms with E-state index in [0.717, 1.165) is 0 Å². The molecule has 0 spiro atoms. The summed E-state index contributed by atoms with van der Waals surface area (Å²) in [6.07, 6.45) is 1.28. The van der Waals surface area contributed by atoms with Crippen molar-refractivity contribution in [2.45, 2.75) is 0 Å². The maximum absolute atomic E-state index is 10.8. The number of nitrogens with zero attached hydrogens (tertiary/aromatic N) is 2. The zero-order chi connectivity index (χ0) is 10.0. The Balaban J connectivity index is 3.20. The van der Waals surface area contributed by atoms with E-state index >= 15 is 0 Å². The van der Waals surface area contributed by atoms with Crippen LogP contribution in [0.2, 0.25) is 0 Å². The average molecular weight is 184 g/mol. The van der Waals surface area contributed by atoms with Crippen molar-refractivity contribution < 1.29 is 24.5 Å². The lowest BCUT2D eigenvalue weighted by Gasteiger charge is -1.99. The first kappa shape index (κ1) is 8.91. The van der Waals surface area contributed by atoms with Crippen molar-refractivity contribution >= 4 is 11.9 Å². The lowest BCUT2D eigenvalue weighted by molar-refractivity contribution is -0.609. The van der Waals surface area contributed by atoms with Gasteiger partial charge in [0.25, 0.3) is 0 Å². The minimum Gasteiger partial charge on any atom is -0.618 e. The first-order valence-corrected chi connectivity index (χ1v) is 3.08. The third-order valence-electron chi connectivity index (χ3n) is 1.24. The lowest BCUT2D eigenvalue weighted by atomic mass is 10.4. The van der Waals surface area contributed by atoms with Crippen LogP contribution in [-0.4, -0.2) is 27.1 Å². The second kappa shape index (κ2) is 3.05. The van der Waals surface area contributed by atoms with Crippen LogP contribution in [0.4, 0.5) is 0 Å². The predicted octanol–water partition coefficient (Wildman–Crippen LogP) is -0.889. The Kier molecular flexibility index (Phi) is 2.09. The number of carboxylic acids is 2. The Morgan fingerprint density at radius 3 is 2.38 bits per heavy atom. The zero-order valence-electron chi connectivity index (χ0n) is 6.17. The molecular formula is C6H4N2O5. The van der Waals surface area contributed by atoms with E-state index in [9.17, 15) is 14.8 Å². The van der Waals surface area contributed by atoms with Crippen molar-refractivity contribution in [3.05, 3.63) is 29.0 Å². The molecule has 13 heavy (non-hydrogen) atoms. The fourth-order valence-electron chi connectivity index (χ4n) is 0.661. The fourth-order valence-corrected chi connectivity index (χ4v) is 0.661. The first-order valence-electron chi connectivity index (χ1n) is 3.08. The van der Waals surface area contributed by atoms with E-state index in [1.165, 1.54) is 0 Å². The number of rotatable bonds is 2. The Morgan fingerprint density at radius 2 is 2.00 bits per heavy atom. The van der Waals surface area contributed by atoms with Gasteiger partial charge in [0, 0.05) is 0 Å². The molecule has 0 atom stereocenters. The van der Waals surface area contributed by atoms with E-state index in [2.05, 4.69) is 4.98 Å². The number of carbonyl (C=O) groups is 2. The van der Waals surface area contributed by atoms with Gasteiger partial charge in [0.05, 0.1) is 0 Å². The molecule has 68 valence electrons. The number of hydrogen-bond donors (Lipinski definition) is 2. The number of aromatic carboxylic acids is 2. The van der Waals surface area contributed by atoms with Crippen molar-refractivity contribution in [1.82, 2.24) is 4.98 Å². The van der Waals surface area contributed by atoms with Crippen molar-refractivity contribution in [2.24, 2.45) is 0 Å². The molecular weight excluding hydrogens is 180 g/mol. The Hall–Kier alpha value is -2.18. The molecule has 1 aromatic rings. The van der Waals surface area contributed by atoms with Crippen molar-refractivity contribution in [2.75, 3.05) is 0 Å². The lowest BCUT2D eigenvalue weighted by Crippen LogP contribution is -2.35. The van der Waals surface area contributed by atoms with Crippen molar-refractivity contribution in [1.29, 1.82) is 0 Å². The van der Waals surface area contributed by atoms with Gasteiger partial charge in [0.1, 0.15) is 6.20 Å². The molecule has 0 fully saturated rings. The van der Waals surface area contributed by atoms with E-state index < -0.39 is 23.3 Å². The van der Waals surface area contributed by atoms with E-state index in [1.807, 2.05) is 0 Å². The summed E-state index contributed by atoms with van der Waals surface area (Å²) >= 11 is 0. The van der Waals surface area contributed by atoms with E-state index in [0.29, 0.717) is 12.4 Å². The van der Waals surface area contributed by atoms with Crippen LogP contribution in [0.1, 0.15) is 21.0 Å². The fraction of sp³-hybridized carbons (Fsp3) is 0. The number of carboxylic acid groups (broad SMARTS) is 2. The summed E-state index contributed by atoms with van der Waals surface area (Å²) in [5, 5.41) is 27.6. The summed E-state index contributed by atoms with van der Waals surface area (Å²) in [5.41, 5.74) is -1.12. The standard InChI is InChI=1S/C6H4N2O5/c9-5(10)3-2-8(13)4(1-7-3)6(11)12/h1-2H,(H,9,10)(H,11,12). The van der Waals surface area contributed by atoms with Crippen LogP contribution >= 0.6 is 0 Å². The first-order chi connectivity index (χ1) is 6.02. The molecule has 0 unspecified atom stereocenters. The molecule has 7 heteroatoms. The third-order valence-corrected chi connectivity index (χ3v) is 1.24. The van der Waals surface area contributed by atoms with Gasteiger partial charge in [-0.15, -0.1) is 0 Å². The van der Waals surface area contributed by atoms with Gasteiger partial charge in [0.15, 0.2) is 0 Å². The highest BCUT2D eigenvalue weighted by molar-refractivity contribution is 5.86. The third kappa shape index (κ3) is 1.70. The monoisotopic (exact) mass is 184 g/mol. The van der Waals surface area contributed by atoms with Gasteiger partial charge in [0.2, 0.25) is 11.9 Å². The van der Waals surface area contributed by atoms with Gasteiger partial charge >= 0.3 is 17.6 Å². The van der Waals surface area contributed by atoms with Crippen LogP contribution in [0, 0.1) is 5.21 Å². The molecule has 1 rings (SSSR count). The van der Waals surface area contributed by atoms with E-state index in [1.54, 1.807) is 0 Å². The minimum absolute atomic E-state index is 0.0568. The maximum Gasteiger partial charge on any atom is 0.404 e. The Labute approximate surface area is 71.5 Å². The topological polar surface area (TPSA) is 114 Å². The molecule has 7 nitrogen and oxygen atoms in total. The second-order valence-corrected chi connectivity index (χ2v) is 2.09. The number of aromatic nitrogens is 2. The normalized spacial score (nSPS) is 9.54. The van der Waals surface area contributed by atoms with Crippen molar-refractivity contribution in [3.8, 4) is 0 Å². The van der Waals surface area contributed by atoms with Crippen LogP contribution < -0.4 is 4.73 Å². The summed E-state index contributed by atoms with van der Waals surface area (Å²) in [6.45, 7) is 0. The van der Waals surface area contributed by atoms with Gasteiger partial charge in [-0.1, -0.05) is 0 Å². The highest BCUT2D eigenvalue weighted by Crippen LogP contribution is 1.93. The van der Waals surface area contributed by atoms with Gasteiger partial charge in [-0.25, -0.2) is 14.6 Å². The SMILES string of the molecule is O=C(O)c1c[n+]([O-])c(C(=O)O)cn1. The predicted molar refractivity (Wildman–Crippen MR) is 37.1 cm³/mol. The van der Waals surface area contributed by atoms with E-state index in [-0.39, 0.29) is 4.73 Å². The molecule has 0 aliphatic carbocycles. The smallest absolute Gasteiger partial charge is 0.404 e. The van der Waals surface area contributed by atoms with Crippen LogP contribution in [0.15, 0.2) is 12.4 Å². The van der Waals surface area contributed by atoms with Crippen LogP contribution in [0.3, 0.4) is 0 Å². The molecule has 0 bridgehead atoms. The highest BCUT2D eigenvalue weighted by Gasteiger charge is 2.18. The van der Waals surface area contributed by atoms with Crippen LogP contribution in [0.5, 0.6) is 0 Å². The highest BCUT2D eigenvalue weighted by atomic mass is 16.5. The van der Waals surface area contributed by atoms with Gasteiger partial charge in [-0.3, -0.25) is 0 Å². The Bertz CT molecular complexity index is 375. The summed E-state index contributed by atoms with van der Waals surface area (Å²) in [6, 6.07) is 0. The zero-order valence-corrected chi connectivity index (χ0v) is 6.17. The summed E-state index contributed by atoms with van der Waals surface area (Å²) in [7, 11) is 0.